The molecule has 0 aliphatic carbocycles. The summed E-state index contributed by atoms with van der Waals surface area (Å²) in [5.74, 6) is 0.0799. The van der Waals surface area contributed by atoms with Crippen LogP contribution in [0.3, 0.4) is 0 Å². The number of hydrogen-bond donors (Lipinski definition) is 0. The molecule has 2 aromatic heterocycles. The Kier molecular flexibility index (Phi) is 4.65. The zero-order valence-corrected chi connectivity index (χ0v) is 13.5. The fraction of sp³-hybridized carbons (Fsp3) is 0.200. The van der Waals surface area contributed by atoms with Crippen LogP contribution in [0.4, 0.5) is 0 Å². The summed E-state index contributed by atoms with van der Waals surface area (Å²) < 4.78 is 1.73. The van der Waals surface area contributed by atoms with Gasteiger partial charge in [0, 0.05) is 10.4 Å². The second-order valence-corrected chi connectivity index (χ2v) is 7.03. The van der Waals surface area contributed by atoms with E-state index in [4.69, 9.17) is 0 Å². The molecule has 0 amide bonds. The lowest BCUT2D eigenvalue weighted by atomic mass is 10.1. The number of thioether (sulfide) groups is 1. The topological polar surface area (TPSA) is 60.7 Å². The first kappa shape index (κ1) is 14.9. The molecule has 2 heterocycles. The number of rotatable bonds is 6. The smallest absolute Gasteiger partial charge is 0.210 e. The first-order valence-corrected chi connectivity index (χ1v) is 8.54. The van der Waals surface area contributed by atoms with Crippen LogP contribution >= 0.6 is 23.1 Å². The number of Topliss-reactive ketones (excluding diaryl/α,β-unsaturated/α-hetero) is 1. The van der Waals surface area contributed by atoms with Crippen LogP contribution < -0.4 is 0 Å². The number of ketones is 1. The maximum atomic E-state index is 12.4. The molecular weight excluding hydrogens is 316 g/mol. The third-order valence-corrected chi connectivity index (χ3v) is 5.03. The number of tetrazole rings is 1. The van der Waals surface area contributed by atoms with E-state index in [-0.39, 0.29) is 11.0 Å². The van der Waals surface area contributed by atoms with Crippen molar-refractivity contribution in [3.05, 3.63) is 58.3 Å². The van der Waals surface area contributed by atoms with Gasteiger partial charge in [-0.05, 0) is 28.8 Å². The maximum absolute atomic E-state index is 12.4. The minimum absolute atomic E-state index is 0.0799. The summed E-state index contributed by atoms with van der Waals surface area (Å²) in [5, 5.41) is 14.2. The Bertz CT molecular complexity index is 740. The summed E-state index contributed by atoms with van der Waals surface area (Å²) in [5.41, 5.74) is 0.708. The molecular formula is C15H14N4OS2. The number of thiophene rings is 1. The monoisotopic (exact) mass is 330 g/mol. The van der Waals surface area contributed by atoms with Crippen LogP contribution in [0.15, 0.2) is 53.0 Å². The van der Waals surface area contributed by atoms with Gasteiger partial charge in [0.2, 0.25) is 5.16 Å². The lowest BCUT2D eigenvalue weighted by Gasteiger charge is -2.09. The molecule has 0 fully saturated rings. The van der Waals surface area contributed by atoms with E-state index in [9.17, 15) is 4.79 Å². The summed E-state index contributed by atoms with van der Waals surface area (Å²) in [4.78, 5) is 13.6. The second kappa shape index (κ2) is 6.85. The highest BCUT2D eigenvalue weighted by Gasteiger charge is 2.19. The van der Waals surface area contributed by atoms with Crippen molar-refractivity contribution >= 4 is 28.9 Å². The first-order valence-electron chi connectivity index (χ1n) is 6.78. The molecule has 0 spiro atoms. The van der Waals surface area contributed by atoms with Gasteiger partial charge < -0.3 is 0 Å². The molecule has 1 atom stereocenters. The zero-order chi connectivity index (χ0) is 15.4. The Balaban J connectivity index is 1.71. The van der Waals surface area contributed by atoms with Crippen LogP contribution in [0.25, 0.3) is 0 Å². The quantitative estimate of drug-likeness (QED) is 0.513. The molecule has 0 aliphatic heterocycles. The van der Waals surface area contributed by atoms with E-state index >= 15 is 0 Å². The van der Waals surface area contributed by atoms with Crippen molar-refractivity contribution in [3.63, 3.8) is 0 Å². The van der Waals surface area contributed by atoms with Gasteiger partial charge in [0.15, 0.2) is 5.78 Å². The summed E-state index contributed by atoms with van der Waals surface area (Å²) >= 11 is 3.04. The van der Waals surface area contributed by atoms with Crippen LogP contribution in [0.5, 0.6) is 0 Å². The van der Waals surface area contributed by atoms with Crippen LogP contribution in [-0.2, 0) is 6.54 Å². The standard InChI is InChI=1S/C15H14N4OS2/c1-11(14(20)12-6-3-2-4-7-12)22-15-16-17-18-19(15)10-13-8-5-9-21-13/h2-9,11H,10H2,1H3. The first-order chi connectivity index (χ1) is 10.7. The average molecular weight is 330 g/mol. The Morgan fingerprint density at radius 2 is 2.09 bits per heavy atom. The van der Waals surface area contributed by atoms with Gasteiger partial charge >= 0.3 is 0 Å². The molecule has 0 radical (unpaired) electrons. The van der Waals surface area contributed by atoms with Crippen molar-refractivity contribution in [1.29, 1.82) is 0 Å². The van der Waals surface area contributed by atoms with E-state index in [1.54, 1.807) is 16.0 Å². The molecule has 0 aliphatic rings. The van der Waals surface area contributed by atoms with Gasteiger partial charge in [-0.15, -0.1) is 16.4 Å². The van der Waals surface area contributed by atoms with Gasteiger partial charge in [0.05, 0.1) is 11.8 Å². The molecule has 3 aromatic rings. The van der Waals surface area contributed by atoms with Gasteiger partial charge in [-0.2, -0.15) is 0 Å². The van der Waals surface area contributed by atoms with Crippen LogP contribution in [-0.4, -0.2) is 31.2 Å². The van der Waals surface area contributed by atoms with E-state index in [1.807, 2.05) is 54.8 Å². The maximum Gasteiger partial charge on any atom is 0.210 e. The molecule has 1 unspecified atom stereocenters. The largest absolute Gasteiger partial charge is 0.293 e. The van der Waals surface area contributed by atoms with Gasteiger partial charge in [-0.3, -0.25) is 4.79 Å². The number of hydrogen-bond acceptors (Lipinski definition) is 6. The Morgan fingerprint density at radius 1 is 1.27 bits per heavy atom. The normalized spacial score (nSPS) is 12.2. The summed E-state index contributed by atoms with van der Waals surface area (Å²) in [7, 11) is 0. The van der Waals surface area contributed by atoms with Crippen molar-refractivity contribution in [2.45, 2.75) is 23.9 Å². The third-order valence-electron chi connectivity index (χ3n) is 3.09. The predicted molar refractivity (Wildman–Crippen MR) is 87.3 cm³/mol. The number of carbonyl (C=O) groups excluding carboxylic acids is 1. The molecule has 0 saturated heterocycles. The molecule has 3 rings (SSSR count). The van der Waals surface area contributed by atoms with Gasteiger partial charge in [-0.1, -0.05) is 48.2 Å². The van der Waals surface area contributed by atoms with Crippen LogP contribution in [0.1, 0.15) is 22.2 Å². The molecule has 0 bridgehead atoms. The zero-order valence-electron chi connectivity index (χ0n) is 11.9. The highest BCUT2D eigenvalue weighted by Crippen LogP contribution is 2.24. The van der Waals surface area contributed by atoms with Crippen molar-refractivity contribution < 1.29 is 4.79 Å². The van der Waals surface area contributed by atoms with Crippen molar-refractivity contribution in [3.8, 4) is 0 Å². The Hall–Kier alpha value is -1.99. The molecule has 22 heavy (non-hydrogen) atoms. The molecule has 5 nitrogen and oxygen atoms in total. The molecule has 0 N–H and O–H groups in total. The molecule has 7 heteroatoms. The van der Waals surface area contributed by atoms with Crippen molar-refractivity contribution in [2.24, 2.45) is 0 Å². The van der Waals surface area contributed by atoms with E-state index in [0.29, 0.717) is 17.3 Å². The third kappa shape index (κ3) is 3.42. The molecule has 112 valence electrons. The Labute approximate surface area is 136 Å². The fourth-order valence-corrected chi connectivity index (χ4v) is 3.53. The van der Waals surface area contributed by atoms with Crippen LogP contribution in [0, 0.1) is 0 Å². The lowest BCUT2D eigenvalue weighted by molar-refractivity contribution is 0.0994. The summed E-state index contributed by atoms with van der Waals surface area (Å²) in [6.45, 7) is 2.50. The molecule has 0 saturated carbocycles. The van der Waals surface area contributed by atoms with E-state index in [2.05, 4.69) is 15.5 Å². The minimum atomic E-state index is -0.240. The van der Waals surface area contributed by atoms with Gasteiger partial charge in [0.1, 0.15) is 0 Å². The number of benzene rings is 1. The van der Waals surface area contributed by atoms with Crippen molar-refractivity contribution in [1.82, 2.24) is 20.2 Å². The fourth-order valence-electron chi connectivity index (χ4n) is 1.98. The second-order valence-electron chi connectivity index (χ2n) is 4.69. The van der Waals surface area contributed by atoms with Crippen molar-refractivity contribution in [2.75, 3.05) is 0 Å². The number of nitrogens with zero attached hydrogens (tertiary/aromatic N) is 4. The number of carbonyl (C=O) groups is 1. The minimum Gasteiger partial charge on any atom is -0.293 e. The van der Waals surface area contributed by atoms with E-state index in [1.165, 1.54) is 16.6 Å². The van der Waals surface area contributed by atoms with Gasteiger partial charge in [-0.25, -0.2) is 4.68 Å². The highest BCUT2D eigenvalue weighted by atomic mass is 32.2. The average Bonchev–Trinajstić information content (AvgIpc) is 3.20. The van der Waals surface area contributed by atoms with E-state index in [0.717, 1.165) is 0 Å². The Morgan fingerprint density at radius 3 is 2.82 bits per heavy atom. The highest BCUT2D eigenvalue weighted by molar-refractivity contribution is 8.00. The lowest BCUT2D eigenvalue weighted by Crippen LogP contribution is -2.15. The molecule has 1 aromatic carbocycles. The summed E-state index contributed by atoms with van der Waals surface area (Å²) in [6, 6.07) is 13.3. The number of aromatic nitrogens is 4. The predicted octanol–water partition coefficient (Wildman–Crippen LogP) is 3.15. The van der Waals surface area contributed by atoms with E-state index < -0.39 is 0 Å². The van der Waals surface area contributed by atoms with Crippen LogP contribution in [0.2, 0.25) is 0 Å². The van der Waals surface area contributed by atoms with Gasteiger partial charge in [0.25, 0.3) is 0 Å². The summed E-state index contributed by atoms with van der Waals surface area (Å²) in [6.07, 6.45) is 0. The SMILES string of the molecule is CC(Sc1nnnn1Cc1cccs1)C(=O)c1ccccc1.